The first kappa shape index (κ1) is 13.6. The molecule has 8 heteroatoms. The summed E-state index contributed by atoms with van der Waals surface area (Å²) in [5, 5.41) is 10.9. The van der Waals surface area contributed by atoms with E-state index in [1.54, 1.807) is 12.1 Å². The summed E-state index contributed by atoms with van der Waals surface area (Å²) in [5.41, 5.74) is -0.357. The predicted octanol–water partition coefficient (Wildman–Crippen LogP) is 2.55. The Balaban J connectivity index is 2.08. The summed E-state index contributed by atoms with van der Waals surface area (Å²) in [5.74, 6) is 0.338. The van der Waals surface area contributed by atoms with Crippen LogP contribution in [0.1, 0.15) is 0 Å². The van der Waals surface area contributed by atoms with Gasteiger partial charge in [0.05, 0.1) is 22.0 Å². The number of nitro benzene ring substituents is 1. The Labute approximate surface area is 117 Å². The van der Waals surface area contributed by atoms with Crippen LogP contribution in [0.25, 0.3) is 0 Å². The molecule has 0 spiro atoms. The molecule has 0 N–H and O–H groups in total. The number of halogens is 1. The second-order valence-electron chi connectivity index (χ2n) is 3.55. The molecule has 98 valence electrons. The van der Waals surface area contributed by atoms with E-state index in [0.29, 0.717) is 10.9 Å². The minimum atomic E-state index is -0.458. The van der Waals surface area contributed by atoms with Crippen LogP contribution in [0, 0.1) is 10.1 Å². The monoisotopic (exact) mass is 297 g/mol. The maximum Gasteiger partial charge on any atom is 0.348 e. The lowest BCUT2D eigenvalue weighted by Gasteiger charge is -2.04. The molecule has 0 aliphatic carbocycles. The topological polar surface area (TPSA) is 78.0 Å². The van der Waals surface area contributed by atoms with Gasteiger partial charge in [0.15, 0.2) is 0 Å². The average Bonchev–Trinajstić information content (AvgIpc) is 2.40. The van der Waals surface area contributed by atoms with E-state index in [-0.39, 0.29) is 11.4 Å². The lowest BCUT2D eigenvalue weighted by Crippen LogP contribution is -2.20. The molecule has 0 saturated carbocycles. The summed E-state index contributed by atoms with van der Waals surface area (Å²) in [6.07, 6.45) is 2.78. The number of hydrogen-bond acceptors (Lipinski definition) is 5. The maximum atomic E-state index is 11.4. The fourth-order valence-corrected chi connectivity index (χ4v) is 2.30. The van der Waals surface area contributed by atoms with Crippen LogP contribution >= 0.6 is 23.4 Å². The molecule has 2 aromatic rings. The van der Waals surface area contributed by atoms with Gasteiger partial charge < -0.3 is 0 Å². The van der Waals surface area contributed by atoms with Gasteiger partial charge in [0.1, 0.15) is 0 Å². The van der Waals surface area contributed by atoms with Gasteiger partial charge in [0.2, 0.25) is 0 Å². The van der Waals surface area contributed by atoms with Crippen molar-refractivity contribution < 1.29 is 4.92 Å². The van der Waals surface area contributed by atoms with Gasteiger partial charge >= 0.3 is 5.69 Å². The molecule has 1 aromatic heterocycles. The number of benzene rings is 1. The van der Waals surface area contributed by atoms with Crippen molar-refractivity contribution in [2.24, 2.45) is 0 Å². The van der Waals surface area contributed by atoms with Crippen LogP contribution in [0.2, 0.25) is 5.02 Å². The van der Waals surface area contributed by atoms with E-state index in [0.717, 1.165) is 4.90 Å². The minimum absolute atomic E-state index is 0.0333. The van der Waals surface area contributed by atoms with Crippen molar-refractivity contribution in [1.29, 1.82) is 0 Å². The number of rotatable bonds is 4. The van der Waals surface area contributed by atoms with Gasteiger partial charge in [0.25, 0.3) is 5.69 Å². The normalized spacial score (nSPS) is 10.4. The average molecular weight is 298 g/mol. The van der Waals surface area contributed by atoms with E-state index in [1.807, 2.05) is 0 Å². The molecule has 1 aromatic carbocycles. The zero-order chi connectivity index (χ0) is 13.8. The molecule has 0 amide bonds. The molecule has 0 saturated heterocycles. The van der Waals surface area contributed by atoms with Crippen molar-refractivity contribution >= 4 is 29.1 Å². The first-order chi connectivity index (χ1) is 9.06. The van der Waals surface area contributed by atoms with Crippen LogP contribution in [0.3, 0.4) is 0 Å². The summed E-state index contributed by atoms with van der Waals surface area (Å²) >= 11 is 7.11. The Morgan fingerprint density at radius 3 is 2.68 bits per heavy atom. The van der Waals surface area contributed by atoms with Crippen molar-refractivity contribution in [1.82, 2.24) is 9.55 Å². The van der Waals surface area contributed by atoms with Gasteiger partial charge in [-0.1, -0.05) is 11.6 Å². The fourth-order valence-electron chi connectivity index (χ4n) is 1.33. The number of nitrogens with zero attached hydrogens (tertiary/aromatic N) is 3. The zero-order valence-electron chi connectivity index (χ0n) is 9.52. The third-order valence-electron chi connectivity index (χ3n) is 2.24. The minimum Gasteiger partial charge on any atom is -0.288 e. The van der Waals surface area contributed by atoms with Gasteiger partial charge in [-0.15, -0.1) is 11.8 Å². The molecule has 0 radical (unpaired) electrons. The van der Waals surface area contributed by atoms with Crippen LogP contribution in [0.5, 0.6) is 0 Å². The summed E-state index contributed by atoms with van der Waals surface area (Å²) in [6.45, 7) is 0. The van der Waals surface area contributed by atoms with E-state index in [2.05, 4.69) is 4.98 Å². The van der Waals surface area contributed by atoms with E-state index in [1.165, 1.54) is 40.9 Å². The number of nitro groups is 1. The highest BCUT2D eigenvalue weighted by atomic mass is 35.5. The Bertz CT molecular complexity index is 657. The van der Waals surface area contributed by atoms with Gasteiger partial charge in [-0.3, -0.25) is 14.7 Å². The molecule has 0 fully saturated rings. The third kappa shape index (κ3) is 3.55. The summed E-state index contributed by atoms with van der Waals surface area (Å²) in [7, 11) is 0. The van der Waals surface area contributed by atoms with Crippen LogP contribution < -0.4 is 5.69 Å². The maximum absolute atomic E-state index is 11.4. The predicted molar refractivity (Wildman–Crippen MR) is 72.5 cm³/mol. The highest BCUT2D eigenvalue weighted by Gasteiger charge is 2.05. The SMILES string of the molecule is O=c1ncc(Cl)cn1CSc1ccc([N+](=O)[O-])cc1. The van der Waals surface area contributed by atoms with Gasteiger partial charge in [-0.25, -0.2) is 4.79 Å². The summed E-state index contributed by atoms with van der Waals surface area (Å²) < 4.78 is 1.37. The van der Waals surface area contributed by atoms with Gasteiger partial charge in [-0.2, -0.15) is 4.98 Å². The number of hydrogen-bond donors (Lipinski definition) is 0. The lowest BCUT2D eigenvalue weighted by atomic mass is 10.3. The molecule has 2 rings (SSSR count). The first-order valence-electron chi connectivity index (χ1n) is 5.15. The summed E-state index contributed by atoms with van der Waals surface area (Å²) in [4.78, 5) is 25.9. The Hall–Kier alpha value is -1.86. The van der Waals surface area contributed by atoms with Crippen molar-refractivity contribution in [3.05, 3.63) is 62.3 Å². The smallest absolute Gasteiger partial charge is 0.288 e. The number of non-ortho nitro benzene ring substituents is 1. The molecule has 0 aliphatic rings. The van der Waals surface area contributed by atoms with Crippen molar-refractivity contribution in [2.75, 3.05) is 0 Å². The fraction of sp³-hybridized carbons (Fsp3) is 0.0909. The van der Waals surface area contributed by atoms with E-state index in [4.69, 9.17) is 11.6 Å². The van der Waals surface area contributed by atoms with Crippen LogP contribution in [-0.4, -0.2) is 14.5 Å². The Morgan fingerprint density at radius 1 is 1.37 bits per heavy atom. The van der Waals surface area contributed by atoms with Crippen molar-refractivity contribution in [3.63, 3.8) is 0 Å². The van der Waals surface area contributed by atoms with E-state index < -0.39 is 4.92 Å². The highest BCUT2D eigenvalue weighted by Crippen LogP contribution is 2.22. The second kappa shape index (κ2) is 5.85. The van der Waals surface area contributed by atoms with Gasteiger partial charge in [-0.05, 0) is 12.1 Å². The third-order valence-corrected chi connectivity index (χ3v) is 3.45. The molecule has 0 bridgehead atoms. The van der Waals surface area contributed by atoms with Crippen molar-refractivity contribution in [3.8, 4) is 0 Å². The van der Waals surface area contributed by atoms with E-state index >= 15 is 0 Å². The molecule has 1 heterocycles. The molecule has 0 atom stereocenters. The molecule has 0 aliphatic heterocycles. The van der Waals surface area contributed by atoms with Crippen LogP contribution in [-0.2, 0) is 5.88 Å². The standard InChI is InChI=1S/C11H8ClN3O3S/c12-8-5-13-11(16)14(6-8)7-19-10-3-1-9(2-4-10)15(17)18/h1-6H,7H2. The van der Waals surface area contributed by atoms with Gasteiger partial charge in [0, 0.05) is 23.2 Å². The molecule has 0 unspecified atom stereocenters. The zero-order valence-corrected chi connectivity index (χ0v) is 11.1. The lowest BCUT2D eigenvalue weighted by molar-refractivity contribution is -0.384. The second-order valence-corrected chi connectivity index (χ2v) is 5.00. The largest absolute Gasteiger partial charge is 0.348 e. The number of aromatic nitrogens is 2. The van der Waals surface area contributed by atoms with Crippen molar-refractivity contribution in [2.45, 2.75) is 10.8 Å². The van der Waals surface area contributed by atoms with E-state index in [9.17, 15) is 14.9 Å². The molecule has 19 heavy (non-hydrogen) atoms. The summed E-state index contributed by atoms with van der Waals surface area (Å²) in [6, 6.07) is 6.10. The Kier molecular flexibility index (Phi) is 4.18. The Morgan fingerprint density at radius 2 is 2.05 bits per heavy atom. The molecule has 6 nitrogen and oxygen atoms in total. The first-order valence-corrected chi connectivity index (χ1v) is 6.52. The quantitative estimate of drug-likeness (QED) is 0.492. The molecular weight excluding hydrogens is 290 g/mol. The molecular formula is C11H8ClN3O3S. The van der Waals surface area contributed by atoms with Crippen LogP contribution in [0.15, 0.2) is 46.3 Å². The number of thioether (sulfide) groups is 1. The highest BCUT2D eigenvalue weighted by molar-refractivity contribution is 7.98. The van der Waals surface area contributed by atoms with Crippen LogP contribution in [0.4, 0.5) is 5.69 Å².